The number of nitriles is 1. The van der Waals surface area contributed by atoms with E-state index in [1.54, 1.807) is 12.1 Å². The number of carbonyl (C=O) groups is 1. The molecule has 0 atom stereocenters. The van der Waals surface area contributed by atoms with Gasteiger partial charge in [0.15, 0.2) is 0 Å². The fraction of sp³-hybridized carbons (Fsp3) is 0.143. The van der Waals surface area contributed by atoms with Crippen LogP contribution in [0.3, 0.4) is 0 Å². The van der Waals surface area contributed by atoms with E-state index in [9.17, 15) is 22.0 Å². The van der Waals surface area contributed by atoms with Crippen LogP contribution in [0.2, 0.25) is 0 Å². The highest BCUT2D eigenvalue weighted by Gasteiger charge is 2.23. The summed E-state index contributed by atoms with van der Waals surface area (Å²) in [7, 11) is -3.83. The Morgan fingerprint density at radius 2 is 1.87 bits per heavy atom. The fourth-order valence-corrected chi connectivity index (χ4v) is 4.51. The molecule has 0 bridgehead atoms. The number of thiophene rings is 1. The Labute approximate surface area is 182 Å². The summed E-state index contributed by atoms with van der Waals surface area (Å²) >= 11 is 1.38. The molecule has 1 N–H and O–H groups in total. The Morgan fingerprint density at radius 1 is 1.13 bits per heavy atom. The first kappa shape index (κ1) is 22.6. The minimum Gasteiger partial charge on any atom is -0.300 e. The van der Waals surface area contributed by atoms with Crippen LogP contribution in [0, 0.1) is 23.0 Å². The molecule has 1 aromatic heterocycles. The Morgan fingerprint density at radius 3 is 2.48 bits per heavy atom. The Kier molecular flexibility index (Phi) is 7.12. The smallest absolute Gasteiger partial charge is 0.258 e. The van der Waals surface area contributed by atoms with Crippen molar-refractivity contribution in [3.63, 3.8) is 0 Å². The maximum atomic E-state index is 14.4. The molecule has 31 heavy (non-hydrogen) atoms. The third-order valence-corrected chi connectivity index (χ3v) is 6.62. The van der Waals surface area contributed by atoms with Gasteiger partial charge in [-0.1, -0.05) is 6.07 Å². The summed E-state index contributed by atoms with van der Waals surface area (Å²) in [5.74, 6) is -2.21. The monoisotopic (exact) mass is 461 g/mol. The van der Waals surface area contributed by atoms with Crippen LogP contribution in [-0.4, -0.2) is 20.9 Å². The highest BCUT2D eigenvalue weighted by Crippen LogP contribution is 2.26. The Hall–Kier alpha value is -3.13. The van der Waals surface area contributed by atoms with Crippen molar-refractivity contribution >= 4 is 33.0 Å². The van der Waals surface area contributed by atoms with Crippen molar-refractivity contribution in [1.82, 2.24) is 4.72 Å². The molecule has 0 saturated carbocycles. The van der Waals surface area contributed by atoms with Gasteiger partial charge >= 0.3 is 0 Å². The summed E-state index contributed by atoms with van der Waals surface area (Å²) in [5.41, 5.74) is 0.0472. The zero-order chi connectivity index (χ0) is 22.4. The SMILES string of the molecule is N#CCCNS(=O)(=O)c1ccc(C(=O)N(Cc2cccs2)c2ccc(F)cc2F)cc1. The van der Waals surface area contributed by atoms with E-state index in [2.05, 4.69) is 4.72 Å². The zero-order valence-electron chi connectivity index (χ0n) is 16.1. The molecule has 0 spiro atoms. The maximum Gasteiger partial charge on any atom is 0.258 e. The van der Waals surface area contributed by atoms with Crippen LogP contribution < -0.4 is 9.62 Å². The third kappa shape index (κ3) is 5.52. The molecule has 160 valence electrons. The number of rotatable bonds is 8. The van der Waals surface area contributed by atoms with Crippen LogP contribution in [0.25, 0.3) is 0 Å². The number of hydrogen-bond acceptors (Lipinski definition) is 5. The highest BCUT2D eigenvalue weighted by molar-refractivity contribution is 7.89. The average molecular weight is 462 g/mol. The predicted molar refractivity (Wildman–Crippen MR) is 113 cm³/mol. The molecule has 3 aromatic rings. The summed E-state index contributed by atoms with van der Waals surface area (Å²) in [5, 5.41) is 10.3. The van der Waals surface area contributed by atoms with Gasteiger partial charge in [-0.15, -0.1) is 11.3 Å². The van der Waals surface area contributed by atoms with E-state index in [0.717, 1.165) is 10.9 Å². The van der Waals surface area contributed by atoms with Gasteiger partial charge in [-0.05, 0) is 47.8 Å². The molecule has 0 aliphatic carbocycles. The first-order valence-corrected chi connectivity index (χ1v) is 11.4. The number of nitrogens with zero attached hydrogens (tertiary/aromatic N) is 2. The summed E-state index contributed by atoms with van der Waals surface area (Å²) in [6.07, 6.45) is 0.0245. The molecule has 0 fully saturated rings. The van der Waals surface area contributed by atoms with Gasteiger partial charge in [0, 0.05) is 29.5 Å². The van der Waals surface area contributed by atoms with Crippen LogP contribution in [0.15, 0.2) is 64.9 Å². The number of anilines is 1. The van der Waals surface area contributed by atoms with Crippen molar-refractivity contribution in [1.29, 1.82) is 5.26 Å². The number of amides is 1. The van der Waals surface area contributed by atoms with E-state index in [-0.39, 0.29) is 35.7 Å². The van der Waals surface area contributed by atoms with Crippen LogP contribution in [0.5, 0.6) is 0 Å². The van der Waals surface area contributed by atoms with E-state index < -0.39 is 27.6 Å². The Bertz CT molecular complexity index is 1210. The number of nitrogens with one attached hydrogen (secondary N) is 1. The Balaban J connectivity index is 1.90. The molecule has 0 aliphatic rings. The topological polar surface area (TPSA) is 90.3 Å². The molecule has 0 aliphatic heterocycles. The molecule has 1 amide bonds. The number of carbonyl (C=O) groups excluding carboxylic acids is 1. The maximum absolute atomic E-state index is 14.4. The van der Waals surface area contributed by atoms with Crippen LogP contribution in [0.4, 0.5) is 14.5 Å². The molecule has 0 unspecified atom stereocenters. The van der Waals surface area contributed by atoms with Gasteiger partial charge in [-0.25, -0.2) is 21.9 Å². The minimum atomic E-state index is -3.83. The lowest BCUT2D eigenvalue weighted by atomic mass is 10.1. The van der Waals surface area contributed by atoms with Gasteiger partial charge in [-0.2, -0.15) is 5.26 Å². The second kappa shape index (κ2) is 9.78. The van der Waals surface area contributed by atoms with Gasteiger partial charge in [0.25, 0.3) is 5.91 Å². The largest absolute Gasteiger partial charge is 0.300 e. The quantitative estimate of drug-likeness (QED) is 0.512. The van der Waals surface area contributed by atoms with Gasteiger partial charge in [-0.3, -0.25) is 4.79 Å². The van der Waals surface area contributed by atoms with Crippen molar-refractivity contribution in [3.05, 3.63) is 82.1 Å². The average Bonchev–Trinajstić information content (AvgIpc) is 3.25. The number of benzene rings is 2. The molecule has 6 nitrogen and oxygen atoms in total. The molecule has 0 radical (unpaired) electrons. The van der Waals surface area contributed by atoms with E-state index in [0.29, 0.717) is 6.07 Å². The molecule has 10 heteroatoms. The summed E-state index contributed by atoms with van der Waals surface area (Å²) in [6.45, 7) is 0.0345. The van der Waals surface area contributed by atoms with Crippen molar-refractivity contribution in [2.24, 2.45) is 0 Å². The van der Waals surface area contributed by atoms with Gasteiger partial charge in [0.05, 0.1) is 23.2 Å². The normalized spacial score (nSPS) is 11.1. The van der Waals surface area contributed by atoms with Crippen molar-refractivity contribution < 1.29 is 22.0 Å². The first-order valence-electron chi connectivity index (χ1n) is 9.08. The van der Waals surface area contributed by atoms with Gasteiger partial charge in [0.2, 0.25) is 10.0 Å². The summed E-state index contributed by atoms with van der Waals surface area (Å²) in [6, 6.07) is 13.5. The van der Waals surface area contributed by atoms with E-state index in [4.69, 9.17) is 5.26 Å². The van der Waals surface area contributed by atoms with E-state index in [1.807, 2.05) is 11.4 Å². The van der Waals surface area contributed by atoms with E-state index in [1.165, 1.54) is 46.6 Å². The molecule has 0 saturated heterocycles. The lowest BCUT2D eigenvalue weighted by Crippen LogP contribution is -2.31. The van der Waals surface area contributed by atoms with Crippen LogP contribution in [-0.2, 0) is 16.6 Å². The summed E-state index contributed by atoms with van der Waals surface area (Å²) < 4.78 is 54.5. The second-order valence-corrected chi connectivity index (χ2v) is 9.20. The molecule has 3 rings (SSSR count). The zero-order valence-corrected chi connectivity index (χ0v) is 17.7. The minimum absolute atomic E-state index is 0.0245. The van der Waals surface area contributed by atoms with Gasteiger partial charge in [0.1, 0.15) is 11.6 Å². The molecule has 2 aromatic carbocycles. The van der Waals surface area contributed by atoms with Crippen LogP contribution >= 0.6 is 11.3 Å². The lowest BCUT2D eigenvalue weighted by molar-refractivity contribution is 0.0984. The lowest BCUT2D eigenvalue weighted by Gasteiger charge is -2.23. The predicted octanol–water partition coefficient (Wildman–Crippen LogP) is 4.07. The van der Waals surface area contributed by atoms with Crippen molar-refractivity contribution in [3.8, 4) is 6.07 Å². The number of sulfonamides is 1. The molecule has 1 heterocycles. The molecular weight excluding hydrogens is 444 g/mol. The highest BCUT2D eigenvalue weighted by atomic mass is 32.2. The number of hydrogen-bond donors (Lipinski definition) is 1. The van der Waals surface area contributed by atoms with Crippen molar-refractivity contribution in [2.75, 3.05) is 11.4 Å². The second-order valence-electron chi connectivity index (χ2n) is 6.40. The van der Waals surface area contributed by atoms with E-state index >= 15 is 0 Å². The standard InChI is InChI=1S/C21H17F2N3O3S2/c22-16-6-9-20(19(23)13-16)26(14-17-3-1-12-30-17)21(27)15-4-7-18(8-5-15)31(28,29)25-11-2-10-24/h1,3-9,12-13,25H,2,11,14H2. The van der Waals surface area contributed by atoms with Crippen LogP contribution in [0.1, 0.15) is 21.7 Å². The summed E-state index contributed by atoms with van der Waals surface area (Å²) in [4.78, 5) is 15.0. The first-order chi connectivity index (χ1) is 14.8. The molecular formula is C21H17F2N3O3S2. The van der Waals surface area contributed by atoms with Gasteiger partial charge < -0.3 is 4.90 Å². The third-order valence-electron chi connectivity index (χ3n) is 4.28. The van der Waals surface area contributed by atoms with Crippen molar-refractivity contribution in [2.45, 2.75) is 17.9 Å². The number of halogens is 2. The fourth-order valence-electron chi connectivity index (χ4n) is 2.78.